The van der Waals surface area contributed by atoms with Crippen molar-refractivity contribution in [2.45, 2.75) is 72.1 Å². The molecule has 1 fully saturated rings. The molecule has 0 aromatic carbocycles. The van der Waals surface area contributed by atoms with Gasteiger partial charge in [0.15, 0.2) is 0 Å². The summed E-state index contributed by atoms with van der Waals surface area (Å²) in [7, 11) is 0. The first-order chi connectivity index (χ1) is 9.20. The van der Waals surface area contributed by atoms with E-state index in [1.54, 1.807) is 0 Å². The van der Waals surface area contributed by atoms with Crippen LogP contribution in [0.25, 0.3) is 0 Å². The Morgan fingerprint density at radius 1 is 0.895 bits per heavy atom. The van der Waals surface area contributed by atoms with E-state index in [2.05, 4.69) is 25.7 Å². The number of rotatable bonds is 10. The molecule has 1 rings (SSSR count). The van der Waals surface area contributed by atoms with Gasteiger partial charge in [-0.2, -0.15) is 0 Å². The van der Waals surface area contributed by atoms with Gasteiger partial charge in [-0.1, -0.05) is 46.5 Å². The van der Waals surface area contributed by atoms with Crippen molar-refractivity contribution in [2.75, 3.05) is 32.8 Å². The Balaban J connectivity index is 2.25. The molecule has 114 valence electrons. The summed E-state index contributed by atoms with van der Waals surface area (Å²) >= 11 is 0. The van der Waals surface area contributed by atoms with Gasteiger partial charge in [0, 0.05) is 13.1 Å². The van der Waals surface area contributed by atoms with Crippen LogP contribution in [-0.2, 0) is 4.74 Å². The minimum Gasteiger partial charge on any atom is -0.379 e. The van der Waals surface area contributed by atoms with E-state index in [0.717, 1.165) is 26.3 Å². The van der Waals surface area contributed by atoms with Gasteiger partial charge in [-0.3, -0.25) is 4.90 Å². The van der Waals surface area contributed by atoms with Crippen molar-refractivity contribution in [1.82, 2.24) is 4.90 Å². The molecule has 1 saturated heterocycles. The molecule has 0 N–H and O–H groups in total. The lowest BCUT2D eigenvalue weighted by atomic mass is 9.76. The van der Waals surface area contributed by atoms with E-state index in [1.165, 1.54) is 57.9 Å². The normalized spacial score (nSPS) is 17.8. The summed E-state index contributed by atoms with van der Waals surface area (Å²) in [5, 5.41) is 0. The van der Waals surface area contributed by atoms with Crippen LogP contribution in [0.15, 0.2) is 0 Å². The number of ether oxygens (including phenoxy) is 1. The number of hydrogen-bond donors (Lipinski definition) is 0. The Bertz CT molecular complexity index is 203. The lowest BCUT2D eigenvalue weighted by Crippen LogP contribution is -2.37. The fraction of sp³-hybridized carbons (Fsp3) is 1.00. The maximum absolute atomic E-state index is 5.41. The highest BCUT2D eigenvalue weighted by molar-refractivity contribution is 4.75. The smallest absolute Gasteiger partial charge is 0.0594 e. The molecule has 19 heavy (non-hydrogen) atoms. The quantitative estimate of drug-likeness (QED) is 0.579. The molecular formula is C17H35NO. The van der Waals surface area contributed by atoms with Crippen molar-refractivity contribution >= 4 is 0 Å². The van der Waals surface area contributed by atoms with Crippen molar-refractivity contribution in [3.8, 4) is 0 Å². The highest BCUT2D eigenvalue weighted by Crippen LogP contribution is 2.35. The van der Waals surface area contributed by atoms with Gasteiger partial charge >= 0.3 is 0 Å². The molecule has 0 radical (unpaired) electrons. The third-order valence-electron chi connectivity index (χ3n) is 4.63. The van der Waals surface area contributed by atoms with Gasteiger partial charge in [-0.05, 0) is 37.6 Å². The summed E-state index contributed by atoms with van der Waals surface area (Å²) in [4.78, 5) is 2.57. The van der Waals surface area contributed by atoms with E-state index in [9.17, 15) is 0 Å². The maximum Gasteiger partial charge on any atom is 0.0594 e. The molecule has 1 aliphatic heterocycles. The van der Waals surface area contributed by atoms with Crippen molar-refractivity contribution in [2.24, 2.45) is 5.41 Å². The Morgan fingerprint density at radius 2 is 1.42 bits per heavy atom. The largest absolute Gasteiger partial charge is 0.379 e. The summed E-state index contributed by atoms with van der Waals surface area (Å²) in [6.07, 6.45) is 11.1. The zero-order valence-corrected chi connectivity index (χ0v) is 13.5. The minimum atomic E-state index is 0.596. The Hall–Kier alpha value is -0.0800. The summed E-state index contributed by atoms with van der Waals surface area (Å²) in [6, 6.07) is 0. The van der Waals surface area contributed by atoms with Gasteiger partial charge < -0.3 is 4.74 Å². The van der Waals surface area contributed by atoms with Crippen molar-refractivity contribution < 1.29 is 4.74 Å². The minimum absolute atomic E-state index is 0.596. The van der Waals surface area contributed by atoms with Crippen molar-refractivity contribution in [3.63, 3.8) is 0 Å². The van der Waals surface area contributed by atoms with Crippen LogP contribution in [-0.4, -0.2) is 37.7 Å². The molecule has 1 aliphatic rings. The first-order valence-corrected chi connectivity index (χ1v) is 8.50. The Morgan fingerprint density at radius 3 is 1.95 bits per heavy atom. The third-order valence-corrected chi connectivity index (χ3v) is 4.63. The molecule has 0 aromatic rings. The van der Waals surface area contributed by atoms with Crippen molar-refractivity contribution in [3.05, 3.63) is 0 Å². The highest BCUT2D eigenvalue weighted by atomic mass is 16.5. The number of morpholine rings is 1. The average Bonchev–Trinajstić information content (AvgIpc) is 2.44. The number of unbranched alkanes of at least 4 members (excludes halogenated alkanes) is 2. The lowest BCUT2D eigenvalue weighted by molar-refractivity contribution is 0.0353. The predicted octanol–water partition coefficient (Wildman–Crippen LogP) is 4.49. The molecule has 0 aliphatic carbocycles. The Kier molecular flexibility index (Phi) is 8.72. The molecule has 0 spiro atoms. The monoisotopic (exact) mass is 269 g/mol. The molecule has 2 heteroatoms. The fourth-order valence-corrected chi connectivity index (χ4v) is 3.14. The van der Waals surface area contributed by atoms with Crippen molar-refractivity contribution in [1.29, 1.82) is 0 Å². The van der Waals surface area contributed by atoms with Crippen LogP contribution in [0.1, 0.15) is 72.1 Å². The summed E-state index contributed by atoms with van der Waals surface area (Å²) < 4.78 is 5.41. The zero-order chi connectivity index (χ0) is 14.0. The van der Waals surface area contributed by atoms with E-state index >= 15 is 0 Å². The van der Waals surface area contributed by atoms with Crippen LogP contribution < -0.4 is 0 Å². The SMILES string of the molecule is CCCCC(C)(CCCC)CCCN1CCOCC1. The molecule has 0 saturated carbocycles. The van der Waals surface area contributed by atoms with E-state index in [4.69, 9.17) is 4.74 Å². The highest BCUT2D eigenvalue weighted by Gasteiger charge is 2.23. The molecule has 0 bridgehead atoms. The second-order valence-electron chi connectivity index (χ2n) is 6.58. The third kappa shape index (κ3) is 7.31. The standard InChI is InChI=1S/C17H35NO/c1-4-6-9-17(3,10-7-5-2)11-8-12-18-13-15-19-16-14-18/h4-16H2,1-3H3. The summed E-state index contributed by atoms with van der Waals surface area (Å²) in [6.45, 7) is 12.6. The van der Waals surface area contributed by atoms with Crippen LogP contribution in [0.2, 0.25) is 0 Å². The van der Waals surface area contributed by atoms with Gasteiger partial charge in [0.2, 0.25) is 0 Å². The molecule has 0 amide bonds. The second-order valence-corrected chi connectivity index (χ2v) is 6.58. The molecule has 0 aromatic heterocycles. The molecular weight excluding hydrogens is 234 g/mol. The fourth-order valence-electron chi connectivity index (χ4n) is 3.14. The molecule has 0 unspecified atom stereocenters. The number of hydrogen-bond acceptors (Lipinski definition) is 2. The molecule has 1 heterocycles. The Labute approximate surface area is 120 Å². The van der Waals surface area contributed by atoms with Gasteiger partial charge in [0.25, 0.3) is 0 Å². The lowest BCUT2D eigenvalue weighted by Gasteiger charge is -2.32. The van der Waals surface area contributed by atoms with E-state index < -0.39 is 0 Å². The van der Waals surface area contributed by atoms with E-state index in [1.807, 2.05) is 0 Å². The van der Waals surface area contributed by atoms with Crippen LogP contribution in [0, 0.1) is 5.41 Å². The van der Waals surface area contributed by atoms with E-state index in [0.29, 0.717) is 5.41 Å². The first kappa shape index (κ1) is 17.0. The topological polar surface area (TPSA) is 12.5 Å². The molecule has 2 nitrogen and oxygen atoms in total. The van der Waals surface area contributed by atoms with Crippen LogP contribution >= 0.6 is 0 Å². The first-order valence-electron chi connectivity index (χ1n) is 8.50. The van der Waals surface area contributed by atoms with Crippen LogP contribution in [0.5, 0.6) is 0 Å². The zero-order valence-electron chi connectivity index (χ0n) is 13.5. The average molecular weight is 269 g/mol. The van der Waals surface area contributed by atoms with Crippen LogP contribution in [0.4, 0.5) is 0 Å². The summed E-state index contributed by atoms with van der Waals surface area (Å²) in [5.74, 6) is 0. The van der Waals surface area contributed by atoms with Gasteiger partial charge in [0.05, 0.1) is 13.2 Å². The molecule has 0 atom stereocenters. The van der Waals surface area contributed by atoms with Gasteiger partial charge in [-0.15, -0.1) is 0 Å². The maximum atomic E-state index is 5.41. The number of nitrogens with zero attached hydrogens (tertiary/aromatic N) is 1. The second kappa shape index (κ2) is 9.77. The van der Waals surface area contributed by atoms with Crippen LogP contribution in [0.3, 0.4) is 0 Å². The van der Waals surface area contributed by atoms with Gasteiger partial charge in [0.1, 0.15) is 0 Å². The predicted molar refractivity (Wildman–Crippen MR) is 83.7 cm³/mol. The van der Waals surface area contributed by atoms with E-state index in [-0.39, 0.29) is 0 Å². The summed E-state index contributed by atoms with van der Waals surface area (Å²) in [5.41, 5.74) is 0.596. The van der Waals surface area contributed by atoms with Gasteiger partial charge in [-0.25, -0.2) is 0 Å².